The molecule has 0 heterocycles. The average molecular weight is 460 g/mol. The van der Waals surface area contributed by atoms with Gasteiger partial charge in [-0.1, -0.05) is 32.1 Å². The molecule has 1 aliphatic rings. The van der Waals surface area contributed by atoms with Crippen molar-refractivity contribution in [1.82, 2.24) is 10.9 Å². The summed E-state index contributed by atoms with van der Waals surface area (Å²) < 4.78 is 1.05. The monoisotopic (exact) mass is 460 g/mol. The summed E-state index contributed by atoms with van der Waals surface area (Å²) in [7, 11) is 0. The number of urea groups is 1. The fraction of sp³-hybridized carbons (Fsp3) is 0.529. The number of hydrogen-bond donors (Lipinski definition) is 5. The average Bonchev–Trinajstić information content (AvgIpc) is 2.61. The molecule has 1 fully saturated rings. The van der Waals surface area contributed by atoms with Gasteiger partial charge >= 0.3 is 6.03 Å². The number of anilines is 1. The largest absolute Gasteiger partial charge is 0.382 e. The molecule has 138 valence electrons. The molecule has 8 heteroatoms. The zero-order valence-electron chi connectivity index (χ0n) is 14.0. The summed E-state index contributed by atoms with van der Waals surface area (Å²) in [5, 5.41) is 12.6. The summed E-state index contributed by atoms with van der Waals surface area (Å²) in [5.41, 5.74) is 11.0. The van der Waals surface area contributed by atoms with E-state index in [2.05, 4.69) is 38.8 Å². The van der Waals surface area contributed by atoms with Crippen LogP contribution in [0.1, 0.15) is 38.5 Å². The number of carbonyl (C=O) groups excluding carboxylic acids is 2. The van der Waals surface area contributed by atoms with Gasteiger partial charge in [0.2, 0.25) is 0 Å². The molecule has 7 nitrogen and oxygen atoms in total. The van der Waals surface area contributed by atoms with E-state index in [1.54, 1.807) is 12.1 Å². The fourth-order valence-corrected chi connectivity index (χ4v) is 3.38. The van der Waals surface area contributed by atoms with E-state index < -0.39 is 24.1 Å². The standard InChI is InChI=1S/C17H25IN4O3/c18-12-6-8-13(9-7-12)20-17(25)22-21-16(24)15(23)14(19)10-11-4-2-1-3-5-11/h6-9,11,14-15,23H,1-5,10,19H2,(H,21,24)(H2,20,22,25)/t14-,15?/m1/s1. The van der Waals surface area contributed by atoms with Gasteiger partial charge in [-0.05, 0) is 59.2 Å². The van der Waals surface area contributed by atoms with Gasteiger partial charge in [-0.15, -0.1) is 0 Å². The molecule has 0 radical (unpaired) electrons. The molecule has 1 aliphatic carbocycles. The Morgan fingerprint density at radius 1 is 1.16 bits per heavy atom. The Bertz CT molecular complexity index is 576. The molecule has 2 atom stereocenters. The zero-order valence-corrected chi connectivity index (χ0v) is 16.2. The van der Waals surface area contributed by atoms with Crippen molar-refractivity contribution < 1.29 is 14.7 Å². The van der Waals surface area contributed by atoms with Gasteiger partial charge in [0.15, 0.2) is 0 Å². The molecule has 0 aromatic heterocycles. The van der Waals surface area contributed by atoms with E-state index in [0.717, 1.165) is 16.4 Å². The van der Waals surface area contributed by atoms with Crippen LogP contribution < -0.4 is 21.9 Å². The molecule has 6 N–H and O–H groups in total. The van der Waals surface area contributed by atoms with E-state index in [-0.39, 0.29) is 0 Å². The molecule has 1 saturated carbocycles. The molecular weight excluding hydrogens is 435 g/mol. The summed E-state index contributed by atoms with van der Waals surface area (Å²) in [6.45, 7) is 0. The minimum absolute atomic E-state index is 0.461. The van der Waals surface area contributed by atoms with Gasteiger partial charge in [0.05, 0.1) is 0 Å². The number of aliphatic hydroxyl groups excluding tert-OH is 1. The number of benzene rings is 1. The molecule has 0 aliphatic heterocycles. The number of halogens is 1. The molecule has 1 aromatic rings. The molecule has 2 rings (SSSR count). The Labute approximate surface area is 161 Å². The SMILES string of the molecule is N[C@H](CC1CCCCC1)C(O)C(=O)NNC(=O)Nc1ccc(I)cc1. The molecule has 3 amide bonds. The van der Waals surface area contributed by atoms with Crippen LogP contribution in [0.25, 0.3) is 0 Å². The van der Waals surface area contributed by atoms with Crippen LogP contribution in [0, 0.1) is 9.49 Å². The lowest BCUT2D eigenvalue weighted by atomic mass is 9.84. The van der Waals surface area contributed by atoms with Crippen LogP contribution in [0.3, 0.4) is 0 Å². The molecular formula is C17H25IN4O3. The highest BCUT2D eigenvalue weighted by atomic mass is 127. The van der Waals surface area contributed by atoms with Gasteiger partial charge in [0, 0.05) is 15.3 Å². The number of carbonyl (C=O) groups is 2. The quantitative estimate of drug-likeness (QED) is 0.342. The van der Waals surface area contributed by atoms with Gasteiger partial charge in [-0.25, -0.2) is 10.2 Å². The van der Waals surface area contributed by atoms with Gasteiger partial charge in [-0.2, -0.15) is 0 Å². The highest BCUT2D eigenvalue weighted by Crippen LogP contribution is 2.27. The van der Waals surface area contributed by atoms with Crippen molar-refractivity contribution in [1.29, 1.82) is 0 Å². The molecule has 1 unspecified atom stereocenters. The Kier molecular flexibility index (Phi) is 7.91. The predicted molar refractivity (Wildman–Crippen MR) is 105 cm³/mol. The van der Waals surface area contributed by atoms with Gasteiger partial charge < -0.3 is 16.2 Å². The normalized spacial score (nSPS) is 17.4. The maximum atomic E-state index is 11.9. The van der Waals surface area contributed by atoms with Crippen LogP contribution in [0.5, 0.6) is 0 Å². The number of rotatable bonds is 5. The summed E-state index contributed by atoms with van der Waals surface area (Å²) in [5.74, 6) is -0.246. The third kappa shape index (κ3) is 6.79. The predicted octanol–water partition coefficient (Wildman–Crippen LogP) is 2.10. The molecule has 25 heavy (non-hydrogen) atoms. The van der Waals surface area contributed by atoms with E-state index in [9.17, 15) is 14.7 Å². The number of nitrogens with one attached hydrogen (secondary N) is 3. The maximum absolute atomic E-state index is 11.9. The van der Waals surface area contributed by atoms with Crippen LogP contribution >= 0.6 is 22.6 Å². The maximum Gasteiger partial charge on any atom is 0.337 e. The van der Waals surface area contributed by atoms with Crippen LogP contribution in [0.4, 0.5) is 10.5 Å². The van der Waals surface area contributed by atoms with Crippen molar-refractivity contribution in [2.24, 2.45) is 11.7 Å². The number of hydrogen-bond acceptors (Lipinski definition) is 4. The first kappa shape index (κ1) is 19.9. The Hall–Kier alpha value is -1.39. The third-order valence-corrected chi connectivity index (χ3v) is 5.12. The topological polar surface area (TPSA) is 116 Å². The second kappa shape index (κ2) is 9.93. The van der Waals surface area contributed by atoms with Crippen molar-refractivity contribution in [3.8, 4) is 0 Å². The number of amides is 3. The van der Waals surface area contributed by atoms with Gasteiger partial charge in [-0.3, -0.25) is 10.2 Å². The number of hydrazine groups is 1. The van der Waals surface area contributed by atoms with Crippen molar-refractivity contribution in [2.45, 2.75) is 50.7 Å². The van der Waals surface area contributed by atoms with E-state index in [0.29, 0.717) is 18.0 Å². The number of aliphatic hydroxyl groups is 1. The molecule has 0 bridgehead atoms. The van der Waals surface area contributed by atoms with E-state index in [1.165, 1.54) is 19.3 Å². The highest BCUT2D eigenvalue weighted by molar-refractivity contribution is 14.1. The van der Waals surface area contributed by atoms with E-state index in [1.807, 2.05) is 12.1 Å². The first-order valence-corrected chi connectivity index (χ1v) is 9.59. The van der Waals surface area contributed by atoms with Gasteiger partial charge in [0.1, 0.15) is 6.10 Å². The summed E-state index contributed by atoms with van der Waals surface area (Å²) >= 11 is 2.16. The third-order valence-electron chi connectivity index (χ3n) is 4.41. The second-order valence-electron chi connectivity index (χ2n) is 6.42. The molecule has 1 aromatic carbocycles. The Morgan fingerprint density at radius 2 is 1.80 bits per heavy atom. The second-order valence-corrected chi connectivity index (χ2v) is 7.67. The lowest BCUT2D eigenvalue weighted by Crippen LogP contribution is -2.53. The number of nitrogens with two attached hydrogens (primary N) is 1. The Morgan fingerprint density at radius 3 is 2.44 bits per heavy atom. The lowest BCUT2D eigenvalue weighted by Gasteiger charge is -2.26. The summed E-state index contributed by atoms with van der Waals surface area (Å²) in [6.07, 6.45) is 5.07. The van der Waals surface area contributed by atoms with Gasteiger partial charge in [0.25, 0.3) is 5.91 Å². The van der Waals surface area contributed by atoms with Crippen LogP contribution in [0.15, 0.2) is 24.3 Å². The first-order chi connectivity index (χ1) is 12.0. The van der Waals surface area contributed by atoms with E-state index in [4.69, 9.17) is 5.73 Å². The first-order valence-electron chi connectivity index (χ1n) is 8.52. The molecule has 0 spiro atoms. The zero-order chi connectivity index (χ0) is 18.2. The van der Waals surface area contributed by atoms with Crippen molar-refractivity contribution in [3.63, 3.8) is 0 Å². The summed E-state index contributed by atoms with van der Waals surface area (Å²) in [6, 6.07) is 5.97. The Balaban J connectivity index is 1.72. The van der Waals surface area contributed by atoms with Crippen LogP contribution in [0.2, 0.25) is 0 Å². The fourth-order valence-electron chi connectivity index (χ4n) is 3.02. The van der Waals surface area contributed by atoms with Crippen molar-refractivity contribution >= 4 is 40.2 Å². The minimum atomic E-state index is -1.35. The highest BCUT2D eigenvalue weighted by Gasteiger charge is 2.26. The smallest absolute Gasteiger partial charge is 0.337 e. The van der Waals surface area contributed by atoms with Crippen LogP contribution in [-0.4, -0.2) is 29.2 Å². The minimum Gasteiger partial charge on any atom is -0.382 e. The molecule has 0 saturated heterocycles. The van der Waals surface area contributed by atoms with E-state index >= 15 is 0 Å². The van der Waals surface area contributed by atoms with Crippen molar-refractivity contribution in [2.75, 3.05) is 5.32 Å². The van der Waals surface area contributed by atoms with Crippen LogP contribution in [-0.2, 0) is 4.79 Å². The lowest BCUT2D eigenvalue weighted by molar-refractivity contribution is -0.131. The summed E-state index contributed by atoms with van der Waals surface area (Å²) in [4.78, 5) is 23.7. The van der Waals surface area contributed by atoms with Crippen molar-refractivity contribution in [3.05, 3.63) is 27.8 Å².